The lowest BCUT2D eigenvalue weighted by Gasteiger charge is -2.31. The Hall–Kier alpha value is -3.34. The van der Waals surface area contributed by atoms with Crippen LogP contribution >= 0.6 is 11.3 Å². The Labute approximate surface area is 245 Å². The summed E-state index contributed by atoms with van der Waals surface area (Å²) in [6.07, 6.45) is 10.6. The molecule has 10 heteroatoms. The number of nitrogens with zero attached hydrogens (tertiary/aromatic N) is 5. The highest BCUT2D eigenvalue weighted by Gasteiger charge is 2.26. The van der Waals surface area contributed by atoms with Gasteiger partial charge in [-0.25, -0.2) is 23.4 Å². The molecular weight excluding hydrogens is 555 g/mol. The Balaban J connectivity index is 1.05. The summed E-state index contributed by atoms with van der Waals surface area (Å²) < 4.78 is 34.8. The van der Waals surface area contributed by atoms with Gasteiger partial charge >= 0.3 is 0 Å². The van der Waals surface area contributed by atoms with Crippen LogP contribution in [0.1, 0.15) is 49.3 Å². The molecule has 4 aromatic rings. The van der Waals surface area contributed by atoms with Crippen molar-refractivity contribution in [3.8, 4) is 5.19 Å². The molecule has 4 heterocycles. The summed E-state index contributed by atoms with van der Waals surface area (Å²) in [5.41, 5.74) is 5.21. The number of aryl methyl sites for hydroxylation is 1. The number of anilines is 1. The van der Waals surface area contributed by atoms with Gasteiger partial charge in [0.2, 0.25) is 16.0 Å². The van der Waals surface area contributed by atoms with Gasteiger partial charge in [-0.2, -0.15) is 4.31 Å². The summed E-state index contributed by atoms with van der Waals surface area (Å²) in [7, 11) is -3.36. The monoisotopic (exact) mass is 589 g/mol. The van der Waals surface area contributed by atoms with Crippen molar-refractivity contribution in [1.29, 1.82) is 0 Å². The molecule has 0 unspecified atom stereocenters. The zero-order valence-electron chi connectivity index (χ0n) is 23.3. The van der Waals surface area contributed by atoms with Crippen LogP contribution in [0.2, 0.25) is 0 Å². The Morgan fingerprint density at radius 2 is 1.78 bits per heavy atom. The molecule has 1 saturated heterocycles. The molecule has 0 atom stereocenters. The first-order valence-corrected chi connectivity index (χ1v) is 16.7. The fourth-order valence-electron chi connectivity index (χ4n) is 5.44. The van der Waals surface area contributed by atoms with Gasteiger partial charge in [-0.1, -0.05) is 67.2 Å². The Bertz CT molecular complexity index is 1610. The molecule has 0 N–H and O–H groups in total. The summed E-state index contributed by atoms with van der Waals surface area (Å²) >= 11 is 1.57. The average Bonchev–Trinajstić information content (AvgIpc) is 3.40. The molecule has 0 spiro atoms. The van der Waals surface area contributed by atoms with E-state index >= 15 is 0 Å². The zero-order chi connectivity index (χ0) is 28.2. The van der Waals surface area contributed by atoms with Crippen LogP contribution in [0.5, 0.6) is 5.19 Å². The number of hydrogen-bond acceptors (Lipinski definition) is 8. The van der Waals surface area contributed by atoms with E-state index in [1.165, 1.54) is 11.1 Å². The third-order valence-electron chi connectivity index (χ3n) is 7.72. The minimum Gasteiger partial charge on any atom is -0.467 e. The van der Waals surface area contributed by atoms with E-state index in [1.807, 2.05) is 54.9 Å². The minimum atomic E-state index is -3.36. The second-order valence-corrected chi connectivity index (χ2v) is 13.6. The van der Waals surface area contributed by atoms with Gasteiger partial charge in [-0.3, -0.25) is 0 Å². The summed E-state index contributed by atoms with van der Waals surface area (Å²) in [6.45, 7) is 4.77. The number of rotatable bonds is 9. The Morgan fingerprint density at radius 3 is 2.49 bits per heavy atom. The lowest BCUT2D eigenvalue weighted by molar-refractivity contribution is 0.170. The highest BCUT2D eigenvalue weighted by Crippen LogP contribution is 2.34. The van der Waals surface area contributed by atoms with Gasteiger partial charge in [-0.15, -0.1) is 0 Å². The fourth-order valence-corrected chi connectivity index (χ4v) is 7.83. The molecule has 0 aliphatic carbocycles. The maximum atomic E-state index is 12.9. The third kappa shape index (κ3) is 6.60. The topological polar surface area (TPSA) is 88.5 Å². The van der Waals surface area contributed by atoms with E-state index in [1.54, 1.807) is 15.6 Å². The van der Waals surface area contributed by atoms with Crippen molar-refractivity contribution in [2.24, 2.45) is 0 Å². The Kier molecular flexibility index (Phi) is 8.32. The molecule has 0 radical (unpaired) electrons. The van der Waals surface area contributed by atoms with Crippen LogP contribution in [0.25, 0.3) is 15.8 Å². The predicted octanol–water partition coefficient (Wildman–Crippen LogP) is 5.71. The SMILES string of the molecule is CCCc1cnc(N2CCC(Oc3nc4ccc(C5=CCN(S(=O)(=O)Cc6ccccc6)CC5)cc4s3)CC2)nc1. The zero-order valence-corrected chi connectivity index (χ0v) is 24.9. The highest BCUT2D eigenvalue weighted by atomic mass is 32.2. The number of benzene rings is 2. The quantitative estimate of drug-likeness (QED) is 0.247. The van der Waals surface area contributed by atoms with E-state index in [-0.39, 0.29) is 11.9 Å². The van der Waals surface area contributed by atoms with Crippen LogP contribution in [0.4, 0.5) is 5.95 Å². The first kappa shape index (κ1) is 27.8. The van der Waals surface area contributed by atoms with Gasteiger partial charge in [0.1, 0.15) is 6.10 Å². The molecule has 214 valence electrons. The summed E-state index contributed by atoms with van der Waals surface area (Å²) in [5.74, 6) is 0.829. The second kappa shape index (κ2) is 12.3. The van der Waals surface area contributed by atoms with Gasteiger partial charge in [-0.05, 0) is 47.2 Å². The molecule has 0 amide bonds. The van der Waals surface area contributed by atoms with E-state index < -0.39 is 10.0 Å². The third-order valence-corrected chi connectivity index (χ3v) is 10.4. The number of thiazole rings is 1. The molecule has 0 bridgehead atoms. The van der Waals surface area contributed by atoms with Crippen molar-refractivity contribution in [1.82, 2.24) is 19.3 Å². The van der Waals surface area contributed by atoms with Crippen LogP contribution in [0, 0.1) is 0 Å². The van der Waals surface area contributed by atoms with E-state index in [4.69, 9.17) is 9.72 Å². The standard InChI is InChI=1S/C31H35N5O3S2/c1-2-6-24-20-32-30(33-21-24)35-15-13-27(14-16-35)39-31-34-28-10-9-26(19-29(28)40-31)25-11-17-36(18-12-25)41(37,38)22-23-7-4-3-5-8-23/h3-5,7-11,19-21,27H,2,6,12-18,22H2,1H3. The average molecular weight is 590 g/mol. The second-order valence-electron chi connectivity index (χ2n) is 10.7. The van der Waals surface area contributed by atoms with Crippen LogP contribution in [0.15, 0.2) is 67.0 Å². The molecule has 0 saturated carbocycles. The van der Waals surface area contributed by atoms with Crippen molar-refractivity contribution >= 4 is 43.1 Å². The van der Waals surface area contributed by atoms with Gasteiger partial charge in [0.05, 0.1) is 16.0 Å². The smallest absolute Gasteiger partial charge is 0.274 e. The number of sulfonamides is 1. The van der Waals surface area contributed by atoms with Crippen LogP contribution in [0.3, 0.4) is 0 Å². The first-order chi connectivity index (χ1) is 20.0. The maximum Gasteiger partial charge on any atom is 0.274 e. The van der Waals surface area contributed by atoms with Crippen molar-refractivity contribution in [2.75, 3.05) is 31.1 Å². The van der Waals surface area contributed by atoms with Crippen molar-refractivity contribution in [3.63, 3.8) is 0 Å². The van der Waals surface area contributed by atoms with Crippen LogP contribution < -0.4 is 9.64 Å². The van der Waals surface area contributed by atoms with E-state index in [0.717, 1.165) is 66.1 Å². The molecular formula is C31H35N5O3S2. The van der Waals surface area contributed by atoms with Crippen molar-refractivity contribution in [2.45, 2.75) is 50.9 Å². The number of ether oxygens (including phenoxy) is 1. The summed E-state index contributed by atoms with van der Waals surface area (Å²) in [6, 6.07) is 15.6. The van der Waals surface area contributed by atoms with Crippen LogP contribution in [-0.4, -0.2) is 60.0 Å². The van der Waals surface area contributed by atoms with Crippen molar-refractivity contribution < 1.29 is 13.2 Å². The number of fused-ring (bicyclic) bond motifs is 1. The molecule has 2 aromatic carbocycles. The number of aromatic nitrogens is 3. The van der Waals surface area contributed by atoms with E-state index in [0.29, 0.717) is 24.7 Å². The van der Waals surface area contributed by atoms with E-state index in [2.05, 4.69) is 33.9 Å². The predicted molar refractivity (Wildman–Crippen MR) is 165 cm³/mol. The molecule has 2 aliphatic heterocycles. The molecule has 41 heavy (non-hydrogen) atoms. The number of piperidine rings is 1. The molecule has 8 nitrogen and oxygen atoms in total. The van der Waals surface area contributed by atoms with Gasteiger partial charge in [0.15, 0.2) is 0 Å². The molecule has 1 fully saturated rings. The number of hydrogen-bond donors (Lipinski definition) is 0. The van der Waals surface area contributed by atoms with E-state index in [9.17, 15) is 8.42 Å². The lowest BCUT2D eigenvalue weighted by atomic mass is 10.0. The minimum absolute atomic E-state index is 0.0333. The summed E-state index contributed by atoms with van der Waals surface area (Å²) in [4.78, 5) is 16.1. The Morgan fingerprint density at radius 1 is 1.00 bits per heavy atom. The van der Waals surface area contributed by atoms with Gasteiger partial charge < -0.3 is 9.64 Å². The van der Waals surface area contributed by atoms with Gasteiger partial charge in [0, 0.05) is 51.4 Å². The van der Waals surface area contributed by atoms with Gasteiger partial charge in [0.25, 0.3) is 5.19 Å². The first-order valence-electron chi connectivity index (χ1n) is 14.3. The maximum absolute atomic E-state index is 12.9. The largest absolute Gasteiger partial charge is 0.467 e. The van der Waals surface area contributed by atoms with Crippen molar-refractivity contribution in [3.05, 3.63) is 83.7 Å². The highest BCUT2D eigenvalue weighted by molar-refractivity contribution is 7.88. The molecule has 2 aromatic heterocycles. The normalized spacial score (nSPS) is 17.1. The fraction of sp³-hybridized carbons (Fsp3) is 0.387. The molecule has 6 rings (SSSR count). The van der Waals surface area contributed by atoms with Crippen LogP contribution in [-0.2, 0) is 22.2 Å². The lowest BCUT2D eigenvalue weighted by Crippen LogP contribution is -2.39. The molecule has 2 aliphatic rings. The summed E-state index contributed by atoms with van der Waals surface area (Å²) in [5, 5.41) is 0.701.